The van der Waals surface area contributed by atoms with Crippen LogP contribution in [0.2, 0.25) is 0 Å². The van der Waals surface area contributed by atoms with Crippen molar-refractivity contribution in [3.8, 4) is 0 Å². The van der Waals surface area contributed by atoms with Crippen molar-refractivity contribution in [2.24, 2.45) is 17.8 Å². The Morgan fingerprint density at radius 1 is 1.19 bits per heavy atom. The quantitative estimate of drug-likeness (QED) is 0.599. The Balaban J connectivity index is 1.68. The monoisotopic (exact) mass is 218 g/mol. The Hall–Kier alpha value is -0.830. The molecule has 0 aromatic heterocycles. The van der Waals surface area contributed by atoms with E-state index in [0.717, 1.165) is 12.8 Å². The topological polar surface area (TPSA) is 41.1 Å². The summed E-state index contributed by atoms with van der Waals surface area (Å²) in [5, 5.41) is 7.03. The highest BCUT2D eigenvalue weighted by Gasteiger charge is 2.55. The molecule has 1 amide bonds. The molecule has 2 N–H and O–H groups in total. The smallest absolute Gasteiger partial charge is 0.226 e. The molecule has 2 bridgehead atoms. The number of nitrogens with one attached hydrogen (secondary N) is 2. The molecule has 1 heterocycles. The van der Waals surface area contributed by atoms with E-state index in [0.29, 0.717) is 23.8 Å². The predicted octanol–water partition coefficient (Wildman–Crippen LogP) is 1.17. The third-order valence-corrected chi connectivity index (χ3v) is 5.02. The minimum atomic E-state index is -0.0451. The van der Waals surface area contributed by atoms with Gasteiger partial charge in [0, 0.05) is 6.04 Å². The van der Waals surface area contributed by atoms with Gasteiger partial charge in [-0.1, -0.05) is 12.2 Å². The number of hydrogen-bond acceptors (Lipinski definition) is 2. The molecule has 3 heteroatoms. The third-order valence-electron chi connectivity index (χ3n) is 5.02. The van der Waals surface area contributed by atoms with E-state index in [9.17, 15) is 4.79 Å². The average Bonchev–Trinajstić information content (AvgIpc) is 2.93. The lowest BCUT2D eigenvalue weighted by Gasteiger charge is -2.45. The molecule has 0 radical (unpaired) electrons. The second kappa shape index (κ2) is 2.89. The predicted molar refractivity (Wildman–Crippen MR) is 60.5 cm³/mol. The molecule has 2 saturated carbocycles. The van der Waals surface area contributed by atoms with Crippen molar-refractivity contribution in [2.45, 2.75) is 43.8 Å². The summed E-state index contributed by atoms with van der Waals surface area (Å²) in [5.74, 6) is 1.63. The summed E-state index contributed by atoms with van der Waals surface area (Å²) >= 11 is 0. The minimum Gasteiger partial charge on any atom is -0.338 e. The standard InChI is InChI=1S/C13H18N2O/c16-12-10-8-3-4-9(7-8)11(10)14-13(15-12)5-1-2-6-13/h3-4,8-11,14H,1-2,5-7H2,(H,15,16)/t8-,9+,10+,11-/m0/s1. The summed E-state index contributed by atoms with van der Waals surface area (Å²) < 4.78 is 0. The largest absolute Gasteiger partial charge is 0.338 e. The van der Waals surface area contributed by atoms with Gasteiger partial charge in [0.2, 0.25) is 5.91 Å². The van der Waals surface area contributed by atoms with E-state index >= 15 is 0 Å². The maximum atomic E-state index is 12.2. The normalized spacial score (nSPS) is 47.4. The van der Waals surface area contributed by atoms with Crippen LogP contribution in [-0.4, -0.2) is 17.6 Å². The molecule has 16 heavy (non-hydrogen) atoms. The van der Waals surface area contributed by atoms with Gasteiger partial charge in [-0.3, -0.25) is 10.1 Å². The summed E-state index contributed by atoms with van der Waals surface area (Å²) in [6.45, 7) is 0. The highest BCUT2D eigenvalue weighted by Crippen LogP contribution is 2.47. The van der Waals surface area contributed by atoms with Gasteiger partial charge in [-0.05, 0) is 43.9 Å². The molecule has 4 atom stereocenters. The van der Waals surface area contributed by atoms with Crippen LogP contribution in [-0.2, 0) is 4.79 Å². The van der Waals surface area contributed by atoms with Gasteiger partial charge in [0.25, 0.3) is 0 Å². The average molecular weight is 218 g/mol. The molecule has 1 aliphatic heterocycles. The lowest BCUT2D eigenvalue weighted by atomic mass is 9.83. The van der Waals surface area contributed by atoms with Crippen LogP contribution in [0.4, 0.5) is 0 Å². The van der Waals surface area contributed by atoms with Crippen molar-refractivity contribution in [3.63, 3.8) is 0 Å². The summed E-state index contributed by atoms with van der Waals surface area (Å²) in [5.41, 5.74) is -0.0451. The van der Waals surface area contributed by atoms with Crippen molar-refractivity contribution < 1.29 is 4.79 Å². The molecule has 0 aromatic carbocycles. The molecule has 86 valence electrons. The third kappa shape index (κ3) is 1.05. The van der Waals surface area contributed by atoms with E-state index in [1.807, 2.05) is 0 Å². The summed E-state index contributed by atoms with van der Waals surface area (Å²) in [6, 6.07) is 0.418. The number of allylic oxidation sites excluding steroid dienone is 1. The molecule has 1 spiro atoms. The maximum absolute atomic E-state index is 12.2. The zero-order valence-corrected chi connectivity index (χ0v) is 9.41. The first kappa shape index (κ1) is 9.23. The molecule has 1 saturated heterocycles. The Morgan fingerprint density at radius 3 is 2.75 bits per heavy atom. The summed E-state index contributed by atoms with van der Waals surface area (Å²) in [6.07, 6.45) is 10.5. The Bertz CT molecular complexity index is 370. The van der Waals surface area contributed by atoms with Gasteiger partial charge in [-0.2, -0.15) is 0 Å². The molecule has 4 aliphatic rings. The van der Waals surface area contributed by atoms with Crippen molar-refractivity contribution >= 4 is 5.91 Å². The van der Waals surface area contributed by atoms with Gasteiger partial charge >= 0.3 is 0 Å². The first-order chi connectivity index (χ1) is 7.77. The van der Waals surface area contributed by atoms with Crippen LogP contribution in [0.15, 0.2) is 12.2 Å². The van der Waals surface area contributed by atoms with E-state index in [2.05, 4.69) is 22.8 Å². The lowest BCUT2D eigenvalue weighted by molar-refractivity contribution is -0.132. The van der Waals surface area contributed by atoms with E-state index in [1.165, 1.54) is 19.3 Å². The fourth-order valence-corrected chi connectivity index (χ4v) is 4.30. The van der Waals surface area contributed by atoms with Crippen molar-refractivity contribution in [1.82, 2.24) is 10.6 Å². The molecule has 0 aromatic rings. The fraction of sp³-hybridized carbons (Fsp3) is 0.769. The SMILES string of the molecule is O=C1NC2(CCCC2)N[C@@H]2[C@H]1[C@H]1C=C[C@@H]2C1. The molecule has 3 nitrogen and oxygen atoms in total. The van der Waals surface area contributed by atoms with E-state index in [1.54, 1.807) is 0 Å². The Labute approximate surface area is 95.7 Å². The first-order valence-electron chi connectivity index (χ1n) is 6.56. The summed E-state index contributed by atoms with van der Waals surface area (Å²) in [7, 11) is 0. The van der Waals surface area contributed by atoms with Gasteiger partial charge in [-0.15, -0.1) is 0 Å². The molecule has 4 rings (SSSR count). The fourth-order valence-electron chi connectivity index (χ4n) is 4.30. The van der Waals surface area contributed by atoms with E-state index in [-0.39, 0.29) is 11.6 Å². The van der Waals surface area contributed by atoms with Gasteiger partial charge in [0.1, 0.15) is 0 Å². The molecular weight excluding hydrogens is 200 g/mol. The van der Waals surface area contributed by atoms with Crippen molar-refractivity contribution in [1.29, 1.82) is 0 Å². The van der Waals surface area contributed by atoms with Gasteiger partial charge in [0.05, 0.1) is 11.6 Å². The second-order valence-corrected chi connectivity index (χ2v) is 5.92. The molecule has 3 fully saturated rings. The zero-order valence-electron chi connectivity index (χ0n) is 9.41. The van der Waals surface area contributed by atoms with Crippen LogP contribution in [0.3, 0.4) is 0 Å². The highest BCUT2D eigenvalue weighted by atomic mass is 16.2. The maximum Gasteiger partial charge on any atom is 0.226 e. The van der Waals surface area contributed by atoms with Crippen LogP contribution in [0.5, 0.6) is 0 Å². The Kier molecular flexibility index (Phi) is 1.67. The van der Waals surface area contributed by atoms with Gasteiger partial charge in [-0.25, -0.2) is 0 Å². The number of carbonyl (C=O) groups excluding carboxylic acids is 1. The number of amides is 1. The van der Waals surface area contributed by atoms with Crippen LogP contribution < -0.4 is 10.6 Å². The van der Waals surface area contributed by atoms with Crippen LogP contribution >= 0.6 is 0 Å². The second-order valence-electron chi connectivity index (χ2n) is 5.92. The molecule has 0 unspecified atom stereocenters. The number of carbonyl (C=O) groups is 1. The van der Waals surface area contributed by atoms with Gasteiger partial charge < -0.3 is 5.32 Å². The zero-order chi connectivity index (χ0) is 10.8. The van der Waals surface area contributed by atoms with E-state index in [4.69, 9.17) is 0 Å². The van der Waals surface area contributed by atoms with Crippen LogP contribution in [0, 0.1) is 17.8 Å². The van der Waals surface area contributed by atoms with Crippen LogP contribution in [0.1, 0.15) is 32.1 Å². The minimum absolute atomic E-state index is 0.0451. The summed E-state index contributed by atoms with van der Waals surface area (Å²) in [4.78, 5) is 12.2. The number of hydrogen-bond donors (Lipinski definition) is 2. The van der Waals surface area contributed by atoms with Crippen LogP contribution in [0.25, 0.3) is 0 Å². The first-order valence-corrected chi connectivity index (χ1v) is 6.56. The molecular formula is C13H18N2O. The van der Waals surface area contributed by atoms with Crippen molar-refractivity contribution in [2.75, 3.05) is 0 Å². The van der Waals surface area contributed by atoms with E-state index < -0.39 is 0 Å². The Morgan fingerprint density at radius 2 is 1.94 bits per heavy atom. The highest BCUT2D eigenvalue weighted by molar-refractivity contribution is 5.82. The van der Waals surface area contributed by atoms with Gasteiger partial charge in [0.15, 0.2) is 0 Å². The lowest BCUT2D eigenvalue weighted by Crippen LogP contribution is -2.69. The number of rotatable bonds is 0. The van der Waals surface area contributed by atoms with Crippen molar-refractivity contribution in [3.05, 3.63) is 12.2 Å². The number of fused-ring (bicyclic) bond motifs is 5. The molecule has 3 aliphatic carbocycles.